The lowest BCUT2D eigenvalue weighted by Gasteiger charge is -2.19. The Morgan fingerprint density at radius 2 is 1.58 bits per heavy atom. The van der Waals surface area contributed by atoms with Crippen molar-refractivity contribution < 1.29 is 19.0 Å². The van der Waals surface area contributed by atoms with Gasteiger partial charge in [-0.25, -0.2) is 0 Å². The molecule has 128 valence electrons. The van der Waals surface area contributed by atoms with Crippen LogP contribution < -0.4 is 19.1 Å². The number of rotatable bonds is 7. The number of ether oxygens (including phenoxy) is 3. The Morgan fingerprint density at radius 1 is 0.917 bits per heavy atom. The molecule has 1 amide bonds. The summed E-state index contributed by atoms with van der Waals surface area (Å²) < 4.78 is 15.8. The molecular formula is C19H23NO4. The number of carbonyl (C=O) groups excluding carboxylic acids is 1. The standard InChI is InChI=1S/C19H23NO4/c1-20(15-10-11-17(23-3)18(13-15)24-4)19(21)12-9-14-7-5-6-8-16(14)22-2/h5-8,10-11,13H,9,12H2,1-4H3. The van der Waals surface area contributed by atoms with E-state index in [9.17, 15) is 4.79 Å². The van der Waals surface area contributed by atoms with Gasteiger partial charge in [0.25, 0.3) is 0 Å². The number of aryl methyl sites for hydroxylation is 1. The minimum atomic E-state index is 0.0214. The molecule has 0 atom stereocenters. The van der Waals surface area contributed by atoms with E-state index in [1.54, 1.807) is 45.4 Å². The maximum atomic E-state index is 12.5. The summed E-state index contributed by atoms with van der Waals surface area (Å²) >= 11 is 0. The molecule has 0 radical (unpaired) electrons. The summed E-state index contributed by atoms with van der Waals surface area (Å²) in [6, 6.07) is 13.2. The molecule has 2 aromatic carbocycles. The molecule has 0 bridgehead atoms. The summed E-state index contributed by atoms with van der Waals surface area (Å²) in [5.41, 5.74) is 1.78. The lowest BCUT2D eigenvalue weighted by molar-refractivity contribution is -0.118. The molecular weight excluding hydrogens is 306 g/mol. The van der Waals surface area contributed by atoms with Crippen LogP contribution in [-0.2, 0) is 11.2 Å². The van der Waals surface area contributed by atoms with E-state index in [0.29, 0.717) is 24.3 Å². The van der Waals surface area contributed by atoms with Crippen molar-refractivity contribution in [2.75, 3.05) is 33.3 Å². The number of amides is 1. The van der Waals surface area contributed by atoms with Crippen molar-refractivity contribution in [2.45, 2.75) is 12.8 Å². The van der Waals surface area contributed by atoms with E-state index in [1.807, 2.05) is 30.3 Å². The van der Waals surface area contributed by atoms with E-state index < -0.39 is 0 Å². The highest BCUT2D eigenvalue weighted by atomic mass is 16.5. The van der Waals surface area contributed by atoms with Crippen molar-refractivity contribution in [3.05, 3.63) is 48.0 Å². The Kier molecular flexibility index (Phi) is 6.07. The van der Waals surface area contributed by atoms with E-state index >= 15 is 0 Å². The van der Waals surface area contributed by atoms with Gasteiger partial charge in [-0.05, 0) is 30.2 Å². The Morgan fingerprint density at radius 3 is 2.25 bits per heavy atom. The van der Waals surface area contributed by atoms with Gasteiger partial charge in [-0.1, -0.05) is 18.2 Å². The summed E-state index contributed by atoms with van der Waals surface area (Å²) in [6.45, 7) is 0. The highest BCUT2D eigenvalue weighted by Crippen LogP contribution is 2.31. The molecule has 5 heteroatoms. The van der Waals surface area contributed by atoms with Gasteiger partial charge in [-0.3, -0.25) is 4.79 Å². The van der Waals surface area contributed by atoms with Gasteiger partial charge in [-0.15, -0.1) is 0 Å². The van der Waals surface area contributed by atoms with Crippen LogP contribution >= 0.6 is 0 Å². The molecule has 2 aromatic rings. The van der Waals surface area contributed by atoms with Crippen molar-refractivity contribution in [1.82, 2.24) is 0 Å². The third-order valence-electron chi connectivity index (χ3n) is 3.93. The van der Waals surface area contributed by atoms with Crippen molar-refractivity contribution >= 4 is 11.6 Å². The van der Waals surface area contributed by atoms with Gasteiger partial charge in [0.05, 0.1) is 21.3 Å². The number of benzene rings is 2. The van der Waals surface area contributed by atoms with Crippen LogP contribution in [0.1, 0.15) is 12.0 Å². The molecule has 0 aliphatic carbocycles. The molecule has 24 heavy (non-hydrogen) atoms. The average Bonchev–Trinajstić information content (AvgIpc) is 2.64. The Labute approximate surface area is 142 Å². The van der Waals surface area contributed by atoms with Crippen LogP contribution in [0.5, 0.6) is 17.2 Å². The number of hydrogen-bond donors (Lipinski definition) is 0. The summed E-state index contributed by atoms with van der Waals surface area (Å²) in [5.74, 6) is 2.06. The summed E-state index contributed by atoms with van der Waals surface area (Å²) in [7, 11) is 6.55. The van der Waals surface area contributed by atoms with Crippen LogP contribution in [0.2, 0.25) is 0 Å². The summed E-state index contributed by atoms with van der Waals surface area (Å²) in [5, 5.41) is 0. The number of hydrogen-bond acceptors (Lipinski definition) is 4. The van der Waals surface area contributed by atoms with Gasteiger partial charge in [0.1, 0.15) is 5.75 Å². The van der Waals surface area contributed by atoms with Gasteiger partial charge in [0.2, 0.25) is 5.91 Å². The highest BCUT2D eigenvalue weighted by Gasteiger charge is 2.14. The first-order valence-corrected chi connectivity index (χ1v) is 7.71. The quantitative estimate of drug-likeness (QED) is 0.782. The Hall–Kier alpha value is -2.69. The Bertz CT molecular complexity index is 700. The van der Waals surface area contributed by atoms with Gasteiger partial charge in [0.15, 0.2) is 11.5 Å². The van der Waals surface area contributed by atoms with E-state index in [2.05, 4.69) is 0 Å². The summed E-state index contributed by atoms with van der Waals surface area (Å²) in [4.78, 5) is 14.1. The van der Waals surface area contributed by atoms with Crippen LogP contribution in [0.3, 0.4) is 0 Å². The predicted molar refractivity (Wildman–Crippen MR) is 94.3 cm³/mol. The van der Waals surface area contributed by atoms with Crippen LogP contribution in [0.25, 0.3) is 0 Å². The molecule has 2 rings (SSSR count). The van der Waals surface area contributed by atoms with Crippen molar-refractivity contribution in [2.24, 2.45) is 0 Å². The van der Waals surface area contributed by atoms with Crippen molar-refractivity contribution in [3.8, 4) is 17.2 Å². The topological polar surface area (TPSA) is 48.0 Å². The lowest BCUT2D eigenvalue weighted by atomic mass is 10.1. The van der Waals surface area contributed by atoms with Gasteiger partial charge < -0.3 is 19.1 Å². The monoisotopic (exact) mass is 329 g/mol. The first-order chi connectivity index (χ1) is 11.6. The van der Waals surface area contributed by atoms with E-state index in [1.165, 1.54) is 0 Å². The highest BCUT2D eigenvalue weighted by molar-refractivity contribution is 5.93. The first-order valence-electron chi connectivity index (χ1n) is 7.71. The number of methoxy groups -OCH3 is 3. The first kappa shape index (κ1) is 17.7. The molecule has 0 fully saturated rings. The molecule has 5 nitrogen and oxygen atoms in total. The molecule has 0 N–H and O–H groups in total. The zero-order valence-electron chi connectivity index (χ0n) is 14.5. The fourth-order valence-corrected chi connectivity index (χ4v) is 2.50. The van der Waals surface area contributed by atoms with Crippen LogP contribution in [0.15, 0.2) is 42.5 Å². The average molecular weight is 329 g/mol. The van der Waals surface area contributed by atoms with Crippen LogP contribution in [0, 0.1) is 0 Å². The fourth-order valence-electron chi connectivity index (χ4n) is 2.50. The number of nitrogens with zero attached hydrogens (tertiary/aromatic N) is 1. The maximum Gasteiger partial charge on any atom is 0.227 e. The second-order valence-electron chi connectivity index (χ2n) is 5.30. The predicted octanol–water partition coefficient (Wildman–Crippen LogP) is 3.31. The molecule has 0 saturated carbocycles. The Balaban J connectivity index is 2.07. The SMILES string of the molecule is COc1ccccc1CCC(=O)N(C)c1ccc(OC)c(OC)c1. The molecule has 0 aromatic heterocycles. The van der Waals surface area contributed by atoms with E-state index in [4.69, 9.17) is 14.2 Å². The third kappa shape index (κ3) is 3.98. The second kappa shape index (κ2) is 8.24. The second-order valence-corrected chi connectivity index (χ2v) is 5.30. The molecule has 0 aliphatic heterocycles. The molecule has 0 saturated heterocycles. The summed E-state index contributed by atoms with van der Waals surface area (Å²) in [6.07, 6.45) is 1.02. The zero-order valence-corrected chi connectivity index (χ0v) is 14.5. The van der Waals surface area contributed by atoms with Gasteiger partial charge in [0, 0.05) is 25.2 Å². The number of anilines is 1. The smallest absolute Gasteiger partial charge is 0.227 e. The van der Waals surface area contributed by atoms with Gasteiger partial charge in [-0.2, -0.15) is 0 Å². The largest absolute Gasteiger partial charge is 0.496 e. The van der Waals surface area contributed by atoms with Gasteiger partial charge >= 0.3 is 0 Å². The zero-order chi connectivity index (χ0) is 17.5. The lowest BCUT2D eigenvalue weighted by Crippen LogP contribution is -2.26. The number of para-hydroxylation sites is 1. The molecule has 0 aliphatic rings. The normalized spacial score (nSPS) is 10.2. The van der Waals surface area contributed by atoms with Crippen LogP contribution in [0.4, 0.5) is 5.69 Å². The minimum absolute atomic E-state index is 0.0214. The number of carbonyl (C=O) groups is 1. The van der Waals surface area contributed by atoms with E-state index in [0.717, 1.165) is 17.0 Å². The van der Waals surface area contributed by atoms with Crippen molar-refractivity contribution in [1.29, 1.82) is 0 Å². The maximum absolute atomic E-state index is 12.5. The molecule has 0 heterocycles. The van der Waals surface area contributed by atoms with Crippen LogP contribution in [-0.4, -0.2) is 34.3 Å². The third-order valence-corrected chi connectivity index (χ3v) is 3.93. The van der Waals surface area contributed by atoms with Crippen molar-refractivity contribution in [3.63, 3.8) is 0 Å². The fraction of sp³-hybridized carbons (Fsp3) is 0.316. The minimum Gasteiger partial charge on any atom is -0.496 e. The molecule has 0 unspecified atom stereocenters. The van der Waals surface area contributed by atoms with E-state index in [-0.39, 0.29) is 5.91 Å². The molecule has 0 spiro atoms.